The lowest BCUT2D eigenvalue weighted by atomic mass is 9.89. The van der Waals surface area contributed by atoms with Crippen LogP contribution in [0.25, 0.3) is 0 Å². The van der Waals surface area contributed by atoms with Gasteiger partial charge in [-0.05, 0) is 12.3 Å². The minimum atomic E-state index is -1.31. The lowest BCUT2D eigenvalue weighted by molar-refractivity contribution is -0.126. The summed E-state index contributed by atoms with van der Waals surface area (Å²) >= 11 is 0. The number of carbonyl (C=O) groups excluding carboxylic acids is 3. The van der Waals surface area contributed by atoms with Gasteiger partial charge < -0.3 is 26.6 Å². The fraction of sp³-hybridized carbons (Fsp3) is 0.500. The molecule has 0 aromatic carbocycles. The zero-order valence-corrected chi connectivity index (χ0v) is 15.7. The summed E-state index contributed by atoms with van der Waals surface area (Å²) in [6.07, 6.45) is 3.02. The Hall–Kier alpha value is -2.85. The lowest BCUT2D eigenvalue weighted by Gasteiger charge is -2.31. The van der Waals surface area contributed by atoms with Gasteiger partial charge in [0.2, 0.25) is 11.8 Å². The molecule has 6 N–H and O–H groups in total. The molecule has 1 aliphatic rings. The van der Waals surface area contributed by atoms with Gasteiger partial charge in [0.05, 0.1) is 18.3 Å². The summed E-state index contributed by atoms with van der Waals surface area (Å²) in [5.41, 5.74) is 5.50. The van der Waals surface area contributed by atoms with Crippen LogP contribution >= 0.6 is 0 Å². The highest BCUT2D eigenvalue weighted by Crippen LogP contribution is 2.20. The molecule has 0 saturated carbocycles. The maximum Gasteiger partial charge on any atom is 0.272 e. The third-order valence-corrected chi connectivity index (χ3v) is 4.31. The fourth-order valence-electron chi connectivity index (χ4n) is 2.87. The molecule has 10 nitrogen and oxygen atoms in total. The fourth-order valence-corrected chi connectivity index (χ4v) is 2.87. The van der Waals surface area contributed by atoms with Crippen LogP contribution < -0.4 is 16.4 Å². The molecule has 1 aromatic rings. The highest BCUT2D eigenvalue weighted by atomic mass is 16.3. The van der Waals surface area contributed by atoms with Gasteiger partial charge in [0.25, 0.3) is 5.91 Å². The summed E-state index contributed by atoms with van der Waals surface area (Å²) in [6, 6.07) is -1.87. The van der Waals surface area contributed by atoms with Crippen LogP contribution in [0.3, 0.4) is 0 Å². The van der Waals surface area contributed by atoms with Crippen molar-refractivity contribution in [1.29, 1.82) is 0 Å². The standard InChI is InChI=1S/C18H25N5O5/c1-9(2)5-12(16(19)26)23-17(27)10-6-11(15(25)14(24)7-10)22-18(28)13-8-20-3-4-21-13/h3-4,6,8-9,11-12,14-15,24-25H,5,7H2,1-2H3,(H2,19,26)(H,22,28)(H,23,27). The molecule has 10 heteroatoms. The van der Waals surface area contributed by atoms with E-state index in [4.69, 9.17) is 5.73 Å². The van der Waals surface area contributed by atoms with Gasteiger partial charge in [0.1, 0.15) is 17.8 Å². The number of nitrogens with two attached hydrogens (primary N) is 1. The minimum absolute atomic E-state index is 0.0277. The zero-order chi connectivity index (χ0) is 20.8. The van der Waals surface area contributed by atoms with Crippen molar-refractivity contribution < 1.29 is 24.6 Å². The Kier molecular flexibility index (Phi) is 7.18. The van der Waals surface area contributed by atoms with Gasteiger partial charge in [-0.25, -0.2) is 4.98 Å². The molecule has 0 fully saturated rings. The molecular weight excluding hydrogens is 366 g/mol. The van der Waals surface area contributed by atoms with Crippen LogP contribution in [0.2, 0.25) is 0 Å². The van der Waals surface area contributed by atoms with Crippen molar-refractivity contribution in [2.24, 2.45) is 11.7 Å². The second kappa shape index (κ2) is 9.38. The molecule has 0 aliphatic heterocycles. The summed E-state index contributed by atoms with van der Waals surface area (Å²) in [5.74, 6) is -1.73. The van der Waals surface area contributed by atoms with E-state index in [0.29, 0.717) is 6.42 Å². The molecule has 1 aromatic heterocycles. The van der Waals surface area contributed by atoms with Gasteiger partial charge in [-0.3, -0.25) is 19.4 Å². The van der Waals surface area contributed by atoms with E-state index in [-0.39, 0.29) is 23.6 Å². The van der Waals surface area contributed by atoms with E-state index in [0.717, 1.165) is 0 Å². The summed E-state index contributed by atoms with van der Waals surface area (Å²) in [6.45, 7) is 3.78. The molecule has 152 valence electrons. The molecule has 28 heavy (non-hydrogen) atoms. The Morgan fingerprint density at radius 2 is 1.96 bits per heavy atom. The Balaban J connectivity index is 2.14. The topological polar surface area (TPSA) is 168 Å². The van der Waals surface area contributed by atoms with Crippen LogP contribution in [0, 0.1) is 5.92 Å². The molecule has 4 atom stereocenters. The number of amides is 3. The number of aromatic nitrogens is 2. The van der Waals surface area contributed by atoms with Crippen LogP contribution in [0.5, 0.6) is 0 Å². The van der Waals surface area contributed by atoms with Crippen molar-refractivity contribution in [3.05, 3.63) is 35.9 Å². The van der Waals surface area contributed by atoms with Crippen LogP contribution in [0.4, 0.5) is 0 Å². The molecule has 0 saturated heterocycles. The highest BCUT2D eigenvalue weighted by Gasteiger charge is 2.34. The summed E-state index contributed by atoms with van der Waals surface area (Å²) in [7, 11) is 0. The number of nitrogens with one attached hydrogen (secondary N) is 2. The molecule has 0 spiro atoms. The van der Waals surface area contributed by atoms with Gasteiger partial charge >= 0.3 is 0 Å². The Bertz CT molecular complexity index is 752. The molecule has 1 aliphatic carbocycles. The van der Waals surface area contributed by atoms with Gasteiger partial charge in [0, 0.05) is 24.4 Å². The van der Waals surface area contributed by atoms with Crippen LogP contribution in [-0.2, 0) is 9.59 Å². The summed E-state index contributed by atoms with van der Waals surface area (Å²) in [4.78, 5) is 44.0. The smallest absolute Gasteiger partial charge is 0.272 e. The first-order chi connectivity index (χ1) is 13.2. The van der Waals surface area contributed by atoms with Crippen molar-refractivity contribution in [2.75, 3.05) is 0 Å². The maximum absolute atomic E-state index is 12.5. The Labute approximate surface area is 162 Å². The minimum Gasteiger partial charge on any atom is -0.390 e. The normalized spacial score (nSPS) is 22.9. The third kappa shape index (κ3) is 5.57. The first-order valence-electron chi connectivity index (χ1n) is 8.93. The van der Waals surface area contributed by atoms with E-state index in [1.54, 1.807) is 0 Å². The van der Waals surface area contributed by atoms with Crippen LogP contribution in [0.1, 0.15) is 37.2 Å². The van der Waals surface area contributed by atoms with Crippen molar-refractivity contribution in [3.63, 3.8) is 0 Å². The Morgan fingerprint density at radius 1 is 1.25 bits per heavy atom. The maximum atomic E-state index is 12.5. The first-order valence-corrected chi connectivity index (χ1v) is 8.93. The van der Waals surface area contributed by atoms with Gasteiger partial charge in [0.15, 0.2) is 0 Å². The zero-order valence-electron chi connectivity index (χ0n) is 15.7. The Morgan fingerprint density at radius 3 is 2.54 bits per heavy atom. The van der Waals surface area contributed by atoms with E-state index in [9.17, 15) is 24.6 Å². The average molecular weight is 391 g/mol. The second-order valence-electron chi connectivity index (χ2n) is 7.10. The summed E-state index contributed by atoms with van der Waals surface area (Å²) in [5, 5.41) is 25.3. The van der Waals surface area contributed by atoms with Gasteiger partial charge in [-0.2, -0.15) is 0 Å². The number of hydrogen-bond donors (Lipinski definition) is 5. The molecular formula is C18H25N5O5. The van der Waals surface area contributed by atoms with Gasteiger partial charge in [-0.15, -0.1) is 0 Å². The van der Waals surface area contributed by atoms with E-state index < -0.39 is 42.0 Å². The van der Waals surface area contributed by atoms with Crippen molar-refractivity contribution >= 4 is 17.7 Å². The predicted molar refractivity (Wildman–Crippen MR) is 98.6 cm³/mol. The monoisotopic (exact) mass is 391 g/mol. The van der Waals surface area contributed by atoms with E-state index in [1.807, 2.05) is 13.8 Å². The van der Waals surface area contributed by atoms with Crippen LogP contribution in [-0.4, -0.2) is 62.2 Å². The number of hydrogen-bond acceptors (Lipinski definition) is 7. The van der Waals surface area contributed by atoms with Gasteiger partial charge in [-0.1, -0.05) is 19.9 Å². The second-order valence-corrected chi connectivity index (χ2v) is 7.10. The largest absolute Gasteiger partial charge is 0.390 e. The SMILES string of the molecule is CC(C)CC(NC(=O)C1=CC(NC(=O)c2cnccn2)C(O)C(O)C1)C(N)=O. The quantitative estimate of drug-likeness (QED) is 0.382. The van der Waals surface area contributed by atoms with E-state index in [2.05, 4.69) is 20.6 Å². The average Bonchev–Trinajstić information content (AvgIpc) is 2.64. The van der Waals surface area contributed by atoms with E-state index >= 15 is 0 Å². The number of rotatable bonds is 7. The number of aliphatic hydroxyl groups is 2. The van der Waals surface area contributed by atoms with Crippen LogP contribution in [0.15, 0.2) is 30.2 Å². The predicted octanol–water partition coefficient (Wildman–Crippen LogP) is -1.36. The first kappa shape index (κ1) is 21.5. The summed E-state index contributed by atoms with van der Waals surface area (Å²) < 4.78 is 0. The molecule has 3 amide bonds. The third-order valence-electron chi connectivity index (χ3n) is 4.31. The number of primary amides is 1. The number of nitrogens with zero attached hydrogens (tertiary/aromatic N) is 2. The van der Waals surface area contributed by atoms with Crippen molar-refractivity contribution in [2.45, 2.75) is 51.0 Å². The van der Waals surface area contributed by atoms with Crippen molar-refractivity contribution in [3.8, 4) is 0 Å². The lowest BCUT2D eigenvalue weighted by Crippen LogP contribution is -2.52. The molecule has 1 heterocycles. The molecule has 0 radical (unpaired) electrons. The molecule has 0 bridgehead atoms. The highest BCUT2D eigenvalue weighted by molar-refractivity contribution is 5.97. The van der Waals surface area contributed by atoms with E-state index in [1.165, 1.54) is 24.7 Å². The number of carbonyl (C=O) groups is 3. The van der Waals surface area contributed by atoms with Crippen molar-refractivity contribution in [1.82, 2.24) is 20.6 Å². The molecule has 2 rings (SSSR count). The number of aliphatic hydroxyl groups excluding tert-OH is 2. The molecule has 4 unspecified atom stereocenters.